The Morgan fingerprint density at radius 1 is 0.654 bits per heavy atom. The number of ketones is 1. The van der Waals surface area contributed by atoms with Gasteiger partial charge < -0.3 is 5.32 Å². The zero-order valence-corrected chi connectivity index (χ0v) is 17.8. The first-order valence-electron chi connectivity index (χ1n) is 12.1. The quantitative estimate of drug-likeness (QED) is 0.257. The highest BCUT2D eigenvalue weighted by Gasteiger charge is 2.17. The van der Waals surface area contributed by atoms with Crippen LogP contribution in [0.4, 0.5) is 0 Å². The fourth-order valence-corrected chi connectivity index (χ4v) is 4.12. The molecule has 0 amide bonds. The molecule has 0 radical (unpaired) electrons. The van der Waals surface area contributed by atoms with E-state index in [1.165, 1.54) is 103 Å². The Bertz CT molecular complexity index is 305. The summed E-state index contributed by atoms with van der Waals surface area (Å²) in [4.78, 5) is 11.2. The van der Waals surface area contributed by atoms with E-state index in [9.17, 15) is 4.79 Å². The molecule has 0 saturated heterocycles. The van der Waals surface area contributed by atoms with E-state index in [2.05, 4.69) is 12.2 Å². The standard InChI is InChI=1S/C24H47NO/c1-2-3-4-5-6-7-8-9-10-11-12-13-14-15-16-17-22-25-23-18-20-24(26)21-19-23/h23,25H,2-22H2,1H3. The van der Waals surface area contributed by atoms with Crippen LogP contribution < -0.4 is 5.32 Å². The molecule has 0 aromatic heterocycles. The van der Waals surface area contributed by atoms with Crippen LogP contribution in [0.3, 0.4) is 0 Å². The molecule has 1 aliphatic rings. The summed E-state index contributed by atoms with van der Waals surface area (Å²) in [5, 5.41) is 3.64. The van der Waals surface area contributed by atoms with Gasteiger partial charge >= 0.3 is 0 Å². The molecule has 1 fully saturated rings. The third-order valence-corrected chi connectivity index (χ3v) is 6.01. The average Bonchev–Trinajstić information content (AvgIpc) is 2.66. The second-order valence-corrected chi connectivity index (χ2v) is 8.57. The van der Waals surface area contributed by atoms with Crippen molar-refractivity contribution in [1.82, 2.24) is 5.32 Å². The molecule has 1 saturated carbocycles. The molecule has 1 aliphatic carbocycles. The van der Waals surface area contributed by atoms with Crippen LogP contribution in [-0.2, 0) is 4.79 Å². The molecule has 1 rings (SSSR count). The summed E-state index contributed by atoms with van der Waals surface area (Å²) in [6.07, 6.45) is 26.6. The Morgan fingerprint density at radius 3 is 1.46 bits per heavy atom. The van der Waals surface area contributed by atoms with Gasteiger partial charge in [0.05, 0.1) is 0 Å². The minimum Gasteiger partial charge on any atom is -0.314 e. The Labute approximate surface area is 164 Å². The maximum absolute atomic E-state index is 11.2. The first kappa shape index (κ1) is 23.7. The summed E-state index contributed by atoms with van der Waals surface area (Å²) < 4.78 is 0. The van der Waals surface area contributed by atoms with Gasteiger partial charge in [0.15, 0.2) is 0 Å². The second kappa shape index (κ2) is 18.0. The fraction of sp³-hybridized carbons (Fsp3) is 0.958. The van der Waals surface area contributed by atoms with Crippen LogP contribution in [0, 0.1) is 0 Å². The van der Waals surface area contributed by atoms with Crippen molar-refractivity contribution in [3.05, 3.63) is 0 Å². The summed E-state index contributed by atoms with van der Waals surface area (Å²) in [6, 6.07) is 0.615. The van der Waals surface area contributed by atoms with Gasteiger partial charge in [0, 0.05) is 18.9 Å². The van der Waals surface area contributed by atoms with Gasteiger partial charge in [-0.1, -0.05) is 103 Å². The SMILES string of the molecule is CCCCCCCCCCCCCCCCCCNC1CCC(=O)CC1. The lowest BCUT2D eigenvalue weighted by Gasteiger charge is -2.22. The molecule has 0 heterocycles. The first-order chi connectivity index (χ1) is 12.8. The molecule has 0 aromatic carbocycles. The van der Waals surface area contributed by atoms with E-state index in [1.807, 2.05) is 0 Å². The van der Waals surface area contributed by atoms with Crippen molar-refractivity contribution >= 4 is 5.78 Å². The second-order valence-electron chi connectivity index (χ2n) is 8.57. The number of carbonyl (C=O) groups excluding carboxylic acids is 1. The Kier molecular flexibility index (Phi) is 16.4. The minimum absolute atomic E-state index is 0.463. The van der Waals surface area contributed by atoms with Crippen molar-refractivity contribution in [2.24, 2.45) is 0 Å². The van der Waals surface area contributed by atoms with Gasteiger partial charge in [-0.25, -0.2) is 0 Å². The lowest BCUT2D eigenvalue weighted by molar-refractivity contribution is -0.120. The summed E-state index contributed by atoms with van der Waals surface area (Å²) in [5.74, 6) is 0.463. The van der Waals surface area contributed by atoms with Gasteiger partial charge in [0.25, 0.3) is 0 Å². The Balaban J connectivity index is 1.68. The smallest absolute Gasteiger partial charge is 0.133 e. The molecule has 2 heteroatoms. The van der Waals surface area contributed by atoms with Crippen LogP contribution in [0.15, 0.2) is 0 Å². The summed E-state index contributed by atoms with van der Waals surface area (Å²) >= 11 is 0. The van der Waals surface area contributed by atoms with Crippen molar-refractivity contribution in [2.75, 3.05) is 6.54 Å². The average molecular weight is 366 g/mol. The first-order valence-corrected chi connectivity index (χ1v) is 12.1. The van der Waals surface area contributed by atoms with Crippen LogP contribution in [0.25, 0.3) is 0 Å². The molecule has 26 heavy (non-hydrogen) atoms. The highest BCUT2D eigenvalue weighted by Crippen LogP contribution is 2.15. The van der Waals surface area contributed by atoms with E-state index in [0.29, 0.717) is 11.8 Å². The molecule has 2 nitrogen and oxygen atoms in total. The van der Waals surface area contributed by atoms with Crippen LogP contribution in [-0.4, -0.2) is 18.4 Å². The maximum atomic E-state index is 11.2. The monoisotopic (exact) mass is 365 g/mol. The van der Waals surface area contributed by atoms with E-state index in [4.69, 9.17) is 0 Å². The van der Waals surface area contributed by atoms with Crippen molar-refractivity contribution in [1.29, 1.82) is 0 Å². The molecule has 0 aromatic rings. The minimum atomic E-state index is 0.463. The predicted molar refractivity (Wildman–Crippen MR) is 115 cm³/mol. The van der Waals surface area contributed by atoms with Crippen molar-refractivity contribution in [3.8, 4) is 0 Å². The number of Topliss-reactive ketones (excluding diaryl/α,β-unsaturated/α-hetero) is 1. The largest absolute Gasteiger partial charge is 0.314 e. The summed E-state index contributed by atoms with van der Waals surface area (Å²) in [5.41, 5.74) is 0. The van der Waals surface area contributed by atoms with Gasteiger partial charge in [-0.3, -0.25) is 4.79 Å². The molecule has 1 N–H and O–H groups in total. The molecular formula is C24H47NO. The Hall–Kier alpha value is -0.370. The lowest BCUT2D eigenvalue weighted by Crippen LogP contribution is -2.33. The number of unbranched alkanes of at least 4 members (excludes halogenated alkanes) is 15. The summed E-state index contributed by atoms with van der Waals surface area (Å²) in [7, 11) is 0. The van der Waals surface area contributed by atoms with E-state index in [-0.39, 0.29) is 0 Å². The highest BCUT2D eigenvalue weighted by atomic mass is 16.1. The third kappa shape index (κ3) is 14.8. The topological polar surface area (TPSA) is 29.1 Å². The molecule has 0 atom stereocenters. The van der Waals surface area contributed by atoms with Gasteiger partial charge in [0.2, 0.25) is 0 Å². The van der Waals surface area contributed by atoms with Crippen LogP contribution in [0.2, 0.25) is 0 Å². The zero-order valence-electron chi connectivity index (χ0n) is 17.8. The van der Waals surface area contributed by atoms with Gasteiger partial charge in [-0.2, -0.15) is 0 Å². The van der Waals surface area contributed by atoms with Crippen molar-refractivity contribution in [2.45, 2.75) is 141 Å². The molecular weight excluding hydrogens is 318 g/mol. The van der Waals surface area contributed by atoms with Gasteiger partial charge in [-0.05, 0) is 25.8 Å². The van der Waals surface area contributed by atoms with Crippen LogP contribution in [0.1, 0.15) is 135 Å². The van der Waals surface area contributed by atoms with Crippen molar-refractivity contribution in [3.63, 3.8) is 0 Å². The summed E-state index contributed by atoms with van der Waals surface area (Å²) in [6.45, 7) is 3.44. The molecule has 0 bridgehead atoms. The normalized spacial score (nSPS) is 15.7. The van der Waals surface area contributed by atoms with Gasteiger partial charge in [0.1, 0.15) is 5.78 Å². The number of nitrogens with one attached hydrogen (secondary N) is 1. The molecule has 0 aliphatic heterocycles. The predicted octanol–water partition coefficient (Wildman–Crippen LogP) is 7.35. The van der Waals surface area contributed by atoms with E-state index in [1.54, 1.807) is 0 Å². The van der Waals surface area contributed by atoms with E-state index in [0.717, 1.165) is 32.2 Å². The van der Waals surface area contributed by atoms with E-state index < -0.39 is 0 Å². The number of rotatable bonds is 18. The van der Waals surface area contributed by atoms with Gasteiger partial charge in [-0.15, -0.1) is 0 Å². The third-order valence-electron chi connectivity index (χ3n) is 6.01. The Morgan fingerprint density at radius 2 is 1.04 bits per heavy atom. The number of carbonyl (C=O) groups is 1. The fourth-order valence-electron chi connectivity index (χ4n) is 4.12. The molecule has 0 spiro atoms. The number of hydrogen-bond acceptors (Lipinski definition) is 2. The highest BCUT2D eigenvalue weighted by molar-refractivity contribution is 5.79. The van der Waals surface area contributed by atoms with E-state index >= 15 is 0 Å². The van der Waals surface area contributed by atoms with Crippen LogP contribution >= 0.6 is 0 Å². The van der Waals surface area contributed by atoms with Crippen molar-refractivity contribution < 1.29 is 4.79 Å². The molecule has 0 unspecified atom stereocenters. The van der Waals surface area contributed by atoms with Crippen LogP contribution in [0.5, 0.6) is 0 Å². The maximum Gasteiger partial charge on any atom is 0.133 e. The lowest BCUT2D eigenvalue weighted by atomic mass is 9.94. The molecule has 154 valence electrons. The number of hydrogen-bond donors (Lipinski definition) is 1. The zero-order chi connectivity index (χ0) is 18.7.